The van der Waals surface area contributed by atoms with Gasteiger partial charge >= 0.3 is 0 Å². The number of aromatic nitrogens is 1. The first kappa shape index (κ1) is 9.99. The molecule has 3 nitrogen and oxygen atoms in total. The van der Waals surface area contributed by atoms with Crippen LogP contribution in [0, 0.1) is 5.41 Å². The summed E-state index contributed by atoms with van der Waals surface area (Å²) in [7, 11) is 1.96. The van der Waals surface area contributed by atoms with Gasteiger partial charge in [-0.15, -0.1) is 0 Å². The molecule has 0 radical (unpaired) electrons. The van der Waals surface area contributed by atoms with Crippen LogP contribution in [0.15, 0.2) is 24.4 Å². The quantitative estimate of drug-likeness (QED) is 0.650. The molecule has 0 aliphatic carbocycles. The third-order valence-corrected chi connectivity index (χ3v) is 2.02. The van der Waals surface area contributed by atoms with Gasteiger partial charge in [-0.25, -0.2) is 0 Å². The molecule has 0 aliphatic heterocycles. The maximum atomic E-state index is 7.60. The number of nitrogens with one attached hydrogen (secondary N) is 2. The summed E-state index contributed by atoms with van der Waals surface area (Å²) in [5.74, 6) is 0. The molecule has 1 aromatic heterocycles. The highest BCUT2D eigenvalue weighted by Gasteiger charge is 1.90. The van der Waals surface area contributed by atoms with Crippen LogP contribution in [0.5, 0.6) is 0 Å². The number of pyridine rings is 1. The van der Waals surface area contributed by atoms with Gasteiger partial charge in [0.15, 0.2) is 0 Å². The van der Waals surface area contributed by atoms with Crippen LogP contribution in [-0.4, -0.2) is 18.2 Å². The lowest BCUT2D eigenvalue weighted by molar-refractivity contribution is 0.570. The SMILES string of the molecule is CNCCCCn1ccccc1=N. The molecule has 0 aromatic carbocycles. The van der Waals surface area contributed by atoms with Crippen LogP contribution >= 0.6 is 0 Å². The van der Waals surface area contributed by atoms with Crippen molar-refractivity contribution in [3.63, 3.8) is 0 Å². The van der Waals surface area contributed by atoms with Crippen molar-refractivity contribution in [2.24, 2.45) is 0 Å². The van der Waals surface area contributed by atoms with E-state index in [-0.39, 0.29) is 0 Å². The van der Waals surface area contributed by atoms with Crippen LogP contribution < -0.4 is 10.8 Å². The number of rotatable bonds is 5. The first-order valence-corrected chi connectivity index (χ1v) is 4.69. The Morgan fingerprint density at radius 3 is 2.92 bits per heavy atom. The first-order valence-electron chi connectivity index (χ1n) is 4.69. The van der Waals surface area contributed by atoms with Crippen molar-refractivity contribution in [3.8, 4) is 0 Å². The highest BCUT2D eigenvalue weighted by Crippen LogP contribution is 1.91. The highest BCUT2D eigenvalue weighted by molar-refractivity contribution is 4.91. The van der Waals surface area contributed by atoms with E-state index in [0.717, 1.165) is 25.9 Å². The maximum absolute atomic E-state index is 7.60. The van der Waals surface area contributed by atoms with Gasteiger partial charge in [0, 0.05) is 12.7 Å². The van der Waals surface area contributed by atoms with Crippen molar-refractivity contribution >= 4 is 0 Å². The topological polar surface area (TPSA) is 40.8 Å². The van der Waals surface area contributed by atoms with Crippen LogP contribution in [0.1, 0.15) is 12.8 Å². The average Bonchev–Trinajstić information content (AvgIpc) is 2.15. The Kier molecular flexibility index (Phi) is 4.26. The van der Waals surface area contributed by atoms with Crippen LogP contribution in [-0.2, 0) is 6.54 Å². The summed E-state index contributed by atoms with van der Waals surface area (Å²) in [4.78, 5) is 0. The Morgan fingerprint density at radius 2 is 2.23 bits per heavy atom. The van der Waals surface area contributed by atoms with E-state index in [1.165, 1.54) is 0 Å². The molecule has 2 N–H and O–H groups in total. The van der Waals surface area contributed by atoms with Crippen molar-refractivity contribution in [1.29, 1.82) is 5.41 Å². The Labute approximate surface area is 78.9 Å². The summed E-state index contributed by atoms with van der Waals surface area (Å²) in [6, 6.07) is 5.68. The third-order valence-electron chi connectivity index (χ3n) is 2.02. The molecule has 0 amide bonds. The monoisotopic (exact) mass is 179 g/mol. The predicted molar refractivity (Wildman–Crippen MR) is 53.4 cm³/mol. The first-order chi connectivity index (χ1) is 6.34. The fourth-order valence-electron chi connectivity index (χ4n) is 1.26. The number of unbranched alkanes of at least 4 members (excludes halogenated alkanes) is 1. The largest absolute Gasteiger partial charge is 0.334 e. The zero-order chi connectivity index (χ0) is 9.52. The van der Waals surface area contributed by atoms with Crippen LogP contribution in [0.3, 0.4) is 0 Å². The van der Waals surface area contributed by atoms with Gasteiger partial charge in [-0.2, -0.15) is 0 Å². The molecular formula is C10H17N3. The molecule has 0 fully saturated rings. The van der Waals surface area contributed by atoms with Crippen molar-refractivity contribution in [3.05, 3.63) is 29.9 Å². The lowest BCUT2D eigenvalue weighted by Crippen LogP contribution is -2.18. The molecule has 0 spiro atoms. The van der Waals surface area contributed by atoms with Crippen molar-refractivity contribution < 1.29 is 0 Å². The summed E-state index contributed by atoms with van der Waals surface area (Å²) in [6.45, 7) is 2.00. The molecule has 1 heterocycles. The zero-order valence-corrected chi connectivity index (χ0v) is 8.09. The molecule has 0 atom stereocenters. The summed E-state index contributed by atoms with van der Waals surface area (Å²) < 4.78 is 1.97. The molecule has 0 aliphatic rings. The summed E-state index contributed by atoms with van der Waals surface area (Å²) in [5, 5.41) is 10.7. The molecule has 3 heteroatoms. The molecule has 72 valence electrons. The normalized spacial score (nSPS) is 10.2. The second-order valence-corrected chi connectivity index (χ2v) is 3.09. The molecule has 1 rings (SSSR count). The van der Waals surface area contributed by atoms with E-state index in [2.05, 4.69) is 5.32 Å². The van der Waals surface area contributed by atoms with E-state index in [1.807, 2.05) is 36.0 Å². The Balaban J connectivity index is 2.37. The Morgan fingerprint density at radius 1 is 1.38 bits per heavy atom. The highest BCUT2D eigenvalue weighted by atomic mass is 15.0. The minimum absolute atomic E-state index is 0.590. The fourth-order valence-corrected chi connectivity index (χ4v) is 1.26. The average molecular weight is 179 g/mol. The minimum atomic E-state index is 0.590. The van der Waals surface area contributed by atoms with Gasteiger partial charge in [0.2, 0.25) is 0 Å². The standard InChI is InChI=1S/C10H17N3/c1-12-7-3-5-9-13-8-4-2-6-10(13)11/h2,4,6,8,11-12H,3,5,7,9H2,1H3. The van der Waals surface area contributed by atoms with Crippen molar-refractivity contribution in [2.75, 3.05) is 13.6 Å². The molecule has 1 aromatic rings. The summed E-state index contributed by atoms with van der Waals surface area (Å²) in [5.41, 5.74) is 0.590. The molecule has 0 unspecified atom stereocenters. The van der Waals surface area contributed by atoms with Gasteiger partial charge in [-0.3, -0.25) is 5.41 Å². The van der Waals surface area contributed by atoms with E-state index in [1.54, 1.807) is 0 Å². The molecular weight excluding hydrogens is 162 g/mol. The van der Waals surface area contributed by atoms with E-state index in [0.29, 0.717) is 5.49 Å². The minimum Gasteiger partial charge on any atom is -0.334 e. The van der Waals surface area contributed by atoms with Gasteiger partial charge < -0.3 is 9.88 Å². The number of nitrogens with zero attached hydrogens (tertiary/aromatic N) is 1. The Hall–Kier alpha value is -1.09. The fraction of sp³-hybridized carbons (Fsp3) is 0.500. The van der Waals surface area contributed by atoms with E-state index in [9.17, 15) is 0 Å². The summed E-state index contributed by atoms with van der Waals surface area (Å²) >= 11 is 0. The molecule has 0 bridgehead atoms. The van der Waals surface area contributed by atoms with E-state index in [4.69, 9.17) is 5.41 Å². The van der Waals surface area contributed by atoms with Crippen molar-refractivity contribution in [1.82, 2.24) is 9.88 Å². The molecule has 0 saturated carbocycles. The van der Waals surface area contributed by atoms with Gasteiger partial charge in [-0.05, 0) is 38.6 Å². The van der Waals surface area contributed by atoms with Gasteiger partial charge in [0.25, 0.3) is 0 Å². The third kappa shape index (κ3) is 3.42. The van der Waals surface area contributed by atoms with Crippen LogP contribution in [0.2, 0.25) is 0 Å². The number of hydrogen-bond donors (Lipinski definition) is 2. The molecule has 13 heavy (non-hydrogen) atoms. The second kappa shape index (κ2) is 5.54. The zero-order valence-electron chi connectivity index (χ0n) is 8.09. The lowest BCUT2D eigenvalue weighted by atomic mass is 10.3. The van der Waals surface area contributed by atoms with Crippen LogP contribution in [0.25, 0.3) is 0 Å². The smallest absolute Gasteiger partial charge is 0.124 e. The lowest BCUT2D eigenvalue weighted by Gasteiger charge is -2.05. The molecule has 0 saturated heterocycles. The number of hydrogen-bond acceptors (Lipinski definition) is 2. The van der Waals surface area contributed by atoms with Gasteiger partial charge in [-0.1, -0.05) is 6.07 Å². The van der Waals surface area contributed by atoms with Crippen molar-refractivity contribution in [2.45, 2.75) is 19.4 Å². The number of aryl methyl sites for hydroxylation is 1. The predicted octanol–water partition coefficient (Wildman–Crippen LogP) is 0.967. The van der Waals surface area contributed by atoms with Gasteiger partial charge in [0.05, 0.1) is 0 Å². The second-order valence-electron chi connectivity index (χ2n) is 3.09. The van der Waals surface area contributed by atoms with Crippen LogP contribution in [0.4, 0.5) is 0 Å². The van der Waals surface area contributed by atoms with E-state index < -0.39 is 0 Å². The maximum Gasteiger partial charge on any atom is 0.124 e. The Bertz CT molecular complexity index is 290. The summed E-state index contributed by atoms with van der Waals surface area (Å²) in [6.07, 6.45) is 4.25. The van der Waals surface area contributed by atoms with Gasteiger partial charge in [0.1, 0.15) is 5.49 Å². The van der Waals surface area contributed by atoms with E-state index >= 15 is 0 Å².